The fourth-order valence-corrected chi connectivity index (χ4v) is 6.00. The molecule has 0 aliphatic carbocycles. The van der Waals surface area contributed by atoms with E-state index in [2.05, 4.69) is 62.3 Å². The highest BCUT2D eigenvalue weighted by Crippen LogP contribution is 2.55. The average Bonchev–Trinajstić information content (AvgIpc) is 2.81. The third kappa shape index (κ3) is 16.1. The van der Waals surface area contributed by atoms with Crippen molar-refractivity contribution in [1.82, 2.24) is 0 Å². The van der Waals surface area contributed by atoms with Crippen molar-refractivity contribution < 1.29 is 0 Å². The fraction of sp³-hybridized carbons (Fsp3) is 1.00. The first kappa shape index (κ1) is 36.0. The van der Waals surface area contributed by atoms with Gasteiger partial charge in [-0.1, -0.05) is 210 Å². The first-order valence-corrected chi connectivity index (χ1v) is 17.0. The Labute approximate surface area is 232 Å². The second kappa shape index (κ2) is 20.9. The van der Waals surface area contributed by atoms with E-state index in [1.165, 1.54) is 148 Å². The highest BCUT2D eigenvalue weighted by molar-refractivity contribution is 4.96. The molecule has 0 rings (SSSR count). The van der Waals surface area contributed by atoms with Gasteiger partial charge in [-0.2, -0.15) is 0 Å². The van der Waals surface area contributed by atoms with Crippen molar-refractivity contribution in [3.63, 3.8) is 0 Å². The molecule has 36 heavy (non-hydrogen) atoms. The highest BCUT2D eigenvalue weighted by Gasteiger charge is 2.47. The number of unbranched alkanes of at least 4 members (excludes halogenated alkanes) is 21. The van der Waals surface area contributed by atoms with E-state index in [1.54, 1.807) is 0 Å². The predicted molar refractivity (Wildman–Crippen MR) is 168 cm³/mol. The van der Waals surface area contributed by atoms with Crippen LogP contribution >= 0.6 is 0 Å². The van der Waals surface area contributed by atoms with Crippen molar-refractivity contribution >= 4 is 0 Å². The van der Waals surface area contributed by atoms with Crippen LogP contribution in [0.4, 0.5) is 0 Å². The standard InChI is InChI=1S/C36H74/c1-10-11-12-13-14-15-16-17-18-19-20-21-22-23-24-25-26-27-28-29-30-31-32-33(2)35(6,7)36(8,9)34(3,4)5/h33H,10-32H2,1-9H3. The molecule has 1 unspecified atom stereocenters. The molecular formula is C36H74. The minimum atomic E-state index is 0.340. The molecule has 0 aromatic heterocycles. The van der Waals surface area contributed by atoms with E-state index in [0.717, 1.165) is 5.92 Å². The summed E-state index contributed by atoms with van der Waals surface area (Å²) in [6.45, 7) is 22.1. The van der Waals surface area contributed by atoms with Crippen LogP contribution in [0.25, 0.3) is 0 Å². The summed E-state index contributed by atoms with van der Waals surface area (Å²) in [6, 6.07) is 0. The molecular weight excluding hydrogens is 432 g/mol. The van der Waals surface area contributed by atoms with Crippen LogP contribution in [0.3, 0.4) is 0 Å². The zero-order valence-electron chi connectivity index (χ0n) is 27.3. The molecule has 0 heteroatoms. The van der Waals surface area contributed by atoms with Gasteiger partial charge in [-0.3, -0.25) is 0 Å². The lowest BCUT2D eigenvalue weighted by atomic mass is 9.51. The summed E-state index contributed by atoms with van der Waals surface area (Å²) in [5, 5.41) is 0. The Morgan fingerprint density at radius 1 is 0.389 bits per heavy atom. The molecule has 0 fully saturated rings. The number of rotatable bonds is 25. The lowest BCUT2D eigenvalue weighted by molar-refractivity contribution is -0.0466. The van der Waals surface area contributed by atoms with Crippen LogP contribution in [0.1, 0.15) is 210 Å². The quantitative estimate of drug-likeness (QED) is 0.108. The first-order valence-electron chi connectivity index (χ1n) is 17.0. The van der Waals surface area contributed by atoms with Crippen molar-refractivity contribution in [2.45, 2.75) is 210 Å². The Hall–Kier alpha value is 0. The Bertz CT molecular complexity index is 463. The summed E-state index contributed by atoms with van der Waals surface area (Å²) in [5.41, 5.74) is 1.06. The molecule has 0 aliphatic rings. The van der Waals surface area contributed by atoms with Gasteiger partial charge in [0, 0.05) is 0 Å². The Morgan fingerprint density at radius 2 is 0.639 bits per heavy atom. The lowest BCUT2D eigenvalue weighted by Crippen LogP contribution is -2.46. The zero-order valence-corrected chi connectivity index (χ0v) is 27.3. The van der Waals surface area contributed by atoms with Gasteiger partial charge in [0.15, 0.2) is 0 Å². The molecule has 0 amide bonds. The Balaban J connectivity index is 3.44. The molecule has 0 nitrogen and oxygen atoms in total. The van der Waals surface area contributed by atoms with Crippen molar-refractivity contribution in [2.75, 3.05) is 0 Å². The molecule has 0 saturated heterocycles. The summed E-state index contributed by atoms with van der Waals surface area (Å²) in [6.07, 6.45) is 33.7. The van der Waals surface area contributed by atoms with Gasteiger partial charge < -0.3 is 0 Å². The Kier molecular flexibility index (Phi) is 20.9. The van der Waals surface area contributed by atoms with Crippen LogP contribution < -0.4 is 0 Å². The maximum absolute atomic E-state index is 2.51. The van der Waals surface area contributed by atoms with Crippen LogP contribution in [-0.4, -0.2) is 0 Å². The second-order valence-electron chi connectivity index (χ2n) is 14.7. The van der Waals surface area contributed by atoms with Crippen molar-refractivity contribution in [1.29, 1.82) is 0 Å². The smallest absolute Gasteiger partial charge is 0.0252 e. The summed E-state index contributed by atoms with van der Waals surface area (Å²) in [5.74, 6) is 0.789. The molecule has 0 aliphatic heterocycles. The van der Waals surface area contributed by atoms with Gasteiger partial charge >= 0.3 is 0 Å². The van der Waals surface area contributed by atoms with E-state index in [-0.39, 0.29) is 0 Å². The van der Waals surface area contributed by atoms with E-state index < -0.39 is 0 Å². The van der Waals surface area contributed by atoms with Gasteiger partial charge in [0.2, 0.25) is 0 Å². The predicted octanol–water partition coefficient (Wildman–Crippen LogP) is 13.7. The van der Waals surface area contributed by atoms with Crippen LogP contribution in [0.2, 0.25) is 0 Å². The minimum Gasteiger partial charge on any atom is -0.0654 e. The molecule has 0 radical (unpaired) electrons. The summed E-state index contributed by atoms with van der Waals surface area (Å²) >= 11 is 0. The van der Waals surface area contributed by atoms with Crippen molar-refractivity contribution in [2.24, 2.45) is 22.2 Å². The van der Waals surface area contributed by atoms with Crippen molar-refractivity contribution in [3.8, 4) is 0 Å². The summed E-state index contributed by atoms with van der Waals surface area (Å²) in [7, 11) is 0. The van der Waals surface area contributed by atoms with Gasteiger partial charge in [0.25, 0.3) is 0 Å². The third-order valence-electron chi connectivity index (χ3n) is 10.7. The molecule has 0 N–H and O–H groups in total. The molecule has 0 spiro atoms. The largest absolute Gasteiger partial charge is 0.0654 e. The van der Waals surface area contributed by atoms with Crippen LogP contribution in [0.5, 0.6) is 0 Å². The van der Waals surface area contributed by atoms with E-state index in [0.29, 0.717) is 16.2 Å². The van der Waals surface area contributed by atoms with Gasteiger partial charge in [0.05, 0.1) is 0 Å². The normalized spacial score (nSPS) is 13.9. The molecule has 0 aromatic carbocycles. The lowest BCUT2D eigenvalue weighted by Gasteiger charge is -2.54. The molecule has 0 heterocycles. The first-order chi connectivity index (χ1) is 17.0. The monoisotopic (exact) mass is 507 g/mol. The Morgan fingerprint density at radius 3 is 0.889 bits per heavy atom. The maximum Gasteiger partial charge on any atom is -0.0252 e. The number of hydrogen-bond acceptors (Lipinski definition) is 0. The van der Waals surface area contributed by atoms with E-state index >= 15 is 0 Å². The number of hydrogen-bond donors (Lipinski definition) is 0. The summed E-state index contributed by atoms with van der Waals surface area (Å²) in [4.78, 5) is 0. The highest BCUT2D eigenvalue weighted by atomic mass is 14.5. The average molecular weight is 507 g/mol. The third-order valence-corrected chi connectivity index (χ3v) is 10.7. The molecule has 0 aromatic rings. The van der Waals surface area contributed by atoms with Gasteiger partial charge in [-0.05, 0) is 22.2 Å². The van der Waals surface area contributed by atoms with Crippen LogP contribution in [0.15, 0.2) is 0 Å². The second-order valence-corrected chi connectivity index (χ2v) is 14.7. The van der Waals surface area contributed by atoms with E-state index in [9.17, 15) is 0 Å². The van der Waals surface area contributed by atoms with Gasteiger partial charge in [0.1, 0.15) is 0 Å². The SMILES string of the molecule is CCCCCCCCCCCCCCCCCCCCCCCCC(C)C(C)(C)C(C)(C)C(C)(C)C. The molecule has 1 atom stereocenters. The minimum absolute atomic E-state index is 0.340. The van der Waals surface area contributed by atoms with Crippen LogP contribution in [0, 0.1) is 22.2 Å². The molecule has 0 saturated carbocycles. The topological polar surface area (TPSA) is 0 Å². The van der Waals surface area contributed by atoms with Crippen LogP contribution in [-0.2, 0) is 0 Å². The van der Waals surface area contributed by atoms with Gasteiger partial charge in [-0.15, -0.1) is 0 Å². The van der Waals surface area contributed by atoms with Crippen molar-refractivity contribution in [3.05, 3.63) is 0 Å². The maximum atomic E-state index is 2.51. The van der Waals surface area contributed by atoms with Gasteiger partial charge in [-0.25, -0.2) is 0 Å². The molecule has 0 bridgehead atoms. The molecule has 218 valence electrons. The summed E-state index contributed by atoms with van der Waals surface area (Å²) < 4.78 is 0. The fourth-order valence-electron chi connectivity index (χ4n) is 6.00. The zero-order chi connectivity index (χ0) is 27.3. The van der Waals surface area contributed by atoms with E-state index in [4.69, 9.17) is 0 Å². The van der Waals surface area contributed by atoms with E-state index in [1.807, 2.05) is 0 Å².